The summed E-state index contributed by atoms with van der Waals surface area (Å²) in [6.07, 6.45) is 5.34. The zero-order valence-electron chi connectivity index (χ0n) is 4.73. The van der Waals surface area contributed by atoms with Crippen molar-refractivity contribution >= 4 is 11.6 Å². The van der Waals surface area contributed by atoms with Gasteiger partial charge in [-0.25, -0.2) is 0 Å². The molecule has 0 aliphatic heterocycles. The smallest absolute Gasteiger partial charge is 0.0468 e. The largest absolute Gasteiger partial charge is 0.122 e. The number of hydrogen-bond acceptors (Lipinski definition) is 0. The summed E-state index contributed by atoms with van der Waals surface area (Å²) in [5.41, 5.74) is 0.909. The topological polar surface area (TPSA) is 0 Å². The van der Waals surface area contributed by atoms with Gasteiger partial charge >= 0.3 is 0 Å². The summed E-state index contributed by atoms with van der Waals surface area (Å²) in [7, 11) is 0. The van der Waals surface area contributed by atoms with Crippen molar-refractivity contribution in [2.75, 3.05) is 5.88 Å². The first-order valence-electron chi connectivity index (χ1n) is 2.34. The van der Waals surface area contributed by atoms with Crippen LogP contribution in [0.25, 0.3) is 0 Å². The van der Waals surface area contributed by atoms with Crippen molar-refractivity contribution < 1.29 is 0 Å². The molecule has 1 heteroatoms. The van der Waals surface area contributed by atoms with Crippen molar-refractivity contribution in [3.05, 3.63) is 37.0 Å². The molecular formula is C7H9Cl. The van der Waals surface area contributed by atoms with Gasteiger partial charge < -0.3 is 0 Å². The van der Waals surface area contributed by atoms with Gasteiger partial charge in [-0.1, -0.05) is 31.4 Å². The maximum atomic E-state index is 5.40. The monoisotopic (exact) mass is 128 g/mol. The molecule has 0 spiro atoms. The van der Waals surface area contributed by atoms with Crippen LogP contribution in [-0.2, 0) is 0 Å². The highest BCUT2D eigenvalue weighted by atomic mass is 35.5. The highest BCUT2D eigenvalue weighted by Crippen LogP contribution is 1.94. The summed E-state index contributed by atoms with van der Waals surface area (Å²) < 4.78 is 0. The van der Waals surface area contributed by atoms with Gasteiger partial charge in [-0.15, -0.1) is 11.6 Å². The van der Waals surface area contributed by atoms with Gasteiger partial charge in [-0.3, -0.25) is 0 Å². The molecule has 0 aliphatic carbocycles. The normalized spacial score (nSPS) is 9.62. The van der Waals surface area contributed by atoms with Crippen LogP contribution >= 0.6 is 11.6 Å². The molecule has 0 aromatic heterocycles. The van der Waals surface area contributed by atoms with Crippen LogP contribution in [0.1, 0.15) is 0 Å². The molecule has 0 heterocycles. The lowest BCUT2D eigenvalue weighted by Crippen LogP contribution is -1.71. The highest BCUT2D eigenvalue weighted by Gasteiger charge is 1.77. The lowest BCUT2D eigenvalue weighted by Gasteiger charge is -1.84. The summed E-state index contributed by atoms with van der Waals surface area (Å²) in [5.74, 6) is 0.490. The quantitative estimate of drug-likeness (QED) is 0.405. The molecule has 0 aliphatic rings. The van der Waals surface area contributed by atoms with Crippen LogP contribution in [0.15, 0.2) is 37.0 Å². The van der Waals surface area contributed by atoms with Gasteiger partial charge in [0.15, 0.2) is 0 Å². The number of alkyl halides is 1. The average Bonchev–Trinajstić information content (AvgIpc) is 1.83. The van der Waals surface area contributed by atoms with E-state index in [9.17, 15) is 0 Å². The van der Waals surface area contributed by atoms with Gasteiger partial charge in [-0.05, 0) is 5.57 Å². The molecule has 0 unspecified atom stereocenters. The van der Waals surface area contributed by atoms with Crippen LogP contribution < -0.4 is 0 Å². The minimum atomic E-state index is 0.490. The van der Waals surface area contributed by atoms with E-state index in [4.69, 9.17) is 11.6 Å². The third-order valence-electron chi connectivity index (χ3n) is 0.640. The molecule has 0 aromatic carbocycles. The molecule has 44 valence electrons. The van der Waals surface area contributed by atoms with Crippen molar-refractivity contribution in [1.82, 2.24) is 0 Å². The van der Waals surface area contributed by atoms with E-state index in [1.807, 2.05) is 12.2 Å². The van der Waals surface area contributed by atoms with Crippen molar-refractivity contribution in [3.63, 3.8) is 0 Å². The Morgan fingerprint density at radius 3 is 2.62 bits per heavy atom. The van der Waals surface area contributed by atoms with Crippen molar-refractivity contribution in [2.24, 2.45) is 0 Å². The minimum Gasteiger partial charge on any atom is -0.122 e. The Kier molecular flexibility index (Phi) is 4.38. The summed E-state index contributed by atoms with van der Waals surface area (Å²) in [6, 6.07) is 0. The molecule has 0 radical (unpaired) electrons. The minimum absolute atomic E-state index is 0.490. The van der Waals surface area contributed by atoms with Crippen LogP contribution in [-0.4, -0.2) is 5.88 Å². The van der Waals surface area contributed by atoms with Gasteiger partial charge in [0.1, 0.15) is 0 Å². The molecule has 0 N–H and O–H groups in total. The molecule has 0 bridgehead atoms. The molecule has 8 heavy (non-hydrogen) atoms. The molecule has 0 nitrogen and oxygen atoms in total. The van der Waals surface area contributed by atoms with E-state index >= 15 is 0 Å². The SMILES string of the molecule is C=C/C=C\C(=C)CCl. The fourth-order valence-electron chi connectivity index (χ4n) is 0.249. The van der Waals surface area contributed by atoms with Crippen LogP contribution in [0.2, 0.25) is 0 Å². The van der Waals surface area contributed by atoms with Crippen LogP contribution in [0.3, 0.4) is 0 Å². The standard InChI is InChI=1S/C7H9Cl/c1-3-4-5-7(2)6-8/h3-5H,1-2,6H2/b5-4-. The zero-order chi connectivity index (χ0) is 6.41. The molecule has 0 atom stereocenters. The lowest BCUT2D eigenvalue weighted by molar-refractivity contribution is 1.57. The van der Waals surface area contributed by atoms with Crippen LogP contribution in [0.5, 0.6) is 0 Å². The second-order valence-corrected chi connectivity index (χ2v) is 1.65. The Bertz CT molecular complexity index is 112. The fraction of sp³-hybridized carbons (Fsp3) is 0.143. The predicted octanol–water partition coefficient (Wildman–Crippen LogP) is 2.52. The predicted molar refractivity (Wildman–Crippen MR) is 39.2 cm³/mol. The van der Waals surface area contributed by atoms with Crippen molar-refractivity contribution in [1.29, 1.82) is 0 Å². The molecule has 0 aromatic rings. The zero-order valence-corrected chi connectivity index (χ0v) is 5.49. The Hall–Kier alpha value is -0.490. The van der Waals surface area contributed by atoms with Gasteiger partial charge in [0, 0.05) is 5.88 Å². The Morgan fingerprint density at radius 1 is 1.62 bits per heavy atom. The first-order chi connectivity index (χ1) is 3.81. The van der Waals surface area contributed by atoms with E-state index < -0.39 is 0 Å². The number of halogens is 1. The Morgan fingerprint density at radius 2 is 2.25 bits per heavy atom. The Balaban J connectivity index is 3.52. The summed E-state index contributed by atoms with van der Waals surface area (Å²) in [6.45, 7) is 7.14. The molecule has 0 fully saturated rings. The van der Waals surface area contributed by atoms with E-state index in [1.54, 1.807) is 6.08 Å². The van der Waals surface area contributed by atoms with Crippen LogP contribution in [0.4, 0.5) is 0 Å². The summed E-state index contributed by atoms with van der Waals surface area (Å²) >= 11 is 5.40. The van der Waals surface area contributed by atoms with Crippen molar-refractivity contribution in [2.45, 2.75) is 0 Å². The molecule has 0 saturated heterocycles. The second-order valence-electron chi connectivity index (χ2n) is 1.39. The van der Waals surface area contributed by atoms with E-state index in [0.717, 1.165) is 5.57 Å². The highest BCUT2D eigenvalue weighted by molar-refractivity contribution is 6.19. The van der Waals surface area contributed by atoms with E-state index in [2.05, 4.69) is 13.2 Å². The third-order valence-corrected chi connectivity index (χ3v) is 0.983. The number of rotatable bonds is 3. The van der Waals surface area contributed by atoms with Crippen molar-refractivity contribution in [3.8, 4) is 0 Å². The maximum Gasteiger partial charge on any atom is 0.0468 e. The number of hydrogen-bond donors (Lipinski definition) is 0. The van der Waals surface area contributed by atoms with Gasteiger partial charge in [0.25, 0.3) is 0 Å². The average molecular weight is 129 g/mol. The summed E-state index contributed by atoms with van der Waals surface area (Å²) in [4.78, 5) is 0. The van der Waals surface area contributed by atoms with Crippen LogP contribution in [0, 0.1) is 0 Å². The molecule has 0 saturated carbocycles. The van der Waals surface area contributed by atoms with E-state index in [0.29, 0.717) is 5.88 Å². The fourth-order valence-corrected chi connectivity index (χ4v) is 0.338. The molecule has 0 rings (SSSR count). The van der Waals surface area contributed by atoms with Gasteiger partial charge in [0.05, 0.1) is 0 Å². The lowest BCUT2D eigenvalue weighted by atomic mass is 10.3. The van der Waals surface area contributed by atoms with E-state index in [-0.39, 0.29) is 0 Å². The first-order valence-corrected chi connectivity index (χ1v) is 2.87. The Labute approximate surface area is 55.2 Å². The molecular weight excluding hydrogens is 120 g/mol. The van der Waals surface area contributed by atoms with Gasteiger partial charge in [0.2, 0.25) is 0 Å². The molecule has 0 amide bonds. The van der Waals surface area contributed by atoms with Gasteiger partial charge in [-0.2, -0.15) is 0 Å². The third kappa shape index (κ3) is 3.69. The first kappa shape index (κ1) is 7.51. The van der Waals surface area contributed by atoms with E-state index in [1.165, 1.54) is 0 Å². The summed E-state index contributed by atoms with van der Waals surface area (Å²) in [5, 5.41) is 0. The second kappa shape index (κ2) is 4.66. The number of allylic oxidation sites excluding steroid dienone is 4. The maximum absolute atomic E-state index is 5.40.